The maximum absolute atomic E-state index is 12.7. The number of piperidine rings is 2. The van der Waals surface area contributed by atoms with Crippen molar-refractivity contribution in [2.75, 3.05) is 32.7 Å². The standard InChI is InChI=1S/C23H38N4O3/c1-16(20-14-17-5-6-19(20)13-17)24-23(30)25-21(28)15-26-11-7-18(8-12-26)22(29)27-9-3-2-4-10-27/h16-20H,2-15H2,1H3,(H2,24,25,28,30). The average molecular weight is 419 g/mol. The number of hydrogen-bond donors (Lipinski definition) is 2. The molecule has 2 saturated heterocycles. The smallest absolute Gasteiger partial charge is 0.321 e. The number of rotatable bonds is 5. The quantitative estimate of drug-likeness (QED) is 0.718. The van der Waals surface area contributed by atoms with Crippen molar-refractivity contribution < 1.29 is 14.4 Å². The molecular weight excluding hydrogens is 380 g/mol. The number of hydrogen-bond acceptors (Lipinski definition) is 4. The van der Waals surface area contributed by atoms with E-state index in [1.165, 1.54) is 32.1 Å². The highest BCUT2D eigenvalue weighted by Gasteiger charge is 2.42. The van der Waals surface area contributed by atoms with Crippen LogP contribution in [0.5, 0.6) is 0 Å². The fourth-order valence-electron chi connectivity index (χ4n) is 6.34. The molecule has 7 heteroatoms. The third-order valence-electron chi connectivity index (χ3n) is 8.02. The number of amides is 4. The first-order chi connectivity index (χ1) is 14.5. The van der Waals surface area contributed by atoms with Gasteiger partial charge in [-0.2, -0.15) is 0 Å². The highest BCUT2D eigenvalue weighted by atomic mass is 16.2. The summed E-state index contributed by atoms with van der Waals surface area (Å²) in [4.78, 5) is 41.3. The van der Waals surface area contributed by atoms with Crippen molar-refractivity contribution in [3.63, 3.8) is 0 Å². The lowest BCUT2D eigenvalue weighted by molar-refractivity contribution is -0.138. The van der Waals surface area contributed by atoms with Gasteiger partial charge in [-0.3, -0.25) is 19.8 Å². The van der Waals surface area contributed by atoms with Crippen LogP contribution in [0.2, 0.25) is 0 Å². The van der Waals surface area contributed by atoms with Gasteiger partial charge in [0.25, 0.3) is 0 Å². The number of nitrogens with one attached hydrogen (secondary N) is 2. The summed E-state index contributed by atoms with van der Waals surface area (Å²) in [5.41, 5.74) is 0. The number of urea groups is 1. The van der Waals surface area contributed by atoms with Crippen LogP contribution in [0.25, 0.3) is 0 Å². The molecule has 4 amide bonds. The van der Waals surface area contributed by atoms with Crippen LogP contribution < -0.4 is 10.6 Å². The van der Waals surface area contributed by atoms with E-state index in [0.717, 1.165) is 63.7 Å². The summed E-state index contributed by atoms with van der Waals surface area (Å²) in [6.45, 7) is 5.57. The molecule has 2 bridgehead atoms. The lowest BCUT2D eigenvalue weighted by Crippen LogP contribution is -2.50. The number of likely N-dealkylation sites (tertiary alicyclic amines) is 2. The van der Waals surface area contributed by atoms with E-state index in [-0.39, 0.29) is 30.4 Å². The first-order valence-electron chi connectivity index (χ1n) is 12.1. The number of nitrogens with zero attached hydrogens (tertiary/aromatic N) is 2. The Morgan fingerprint density at radius 1 is 0.933 bits per heavy atom. The molecule has 4 unspecified atom stereocenters. The second kappa shape index (κ2) is 9.67. The predicted octanol–water partition coefficient (Wildman–Crippen LogP) is 2.36. The lowest BCUT2D eigenvalue weighted by Gasteiger charge is -2.35. The molecule has 30 heavy (non-hydrogen) atoms. The molecule has 2 aliphatic heterocycles. The highest BCUT2D eigenvalue weighted by molar-refractivity contribution is 5.95. The summed E-state index contributed by atoms with van der Waals surface area (Å²) in [5.74, 6) is 2.28. The molecule has 0 spiro atoms. The lowest BCUT2D eigenvalue weighted by atomic mass is 9.84. The molecule has 4 rings (SSSR count). The Labute approximate surface area is 180 Å². The zero-order chi connectivity index (χ0) is 21.1. The van der Waals surface area contributed by atoms with Gasteiger partial charge in [-0.15, -0.1) is 0 Å². The van der Waals surface area contributed by atoms with E-state index in [9.17, 15) is 14.4 Å². The van der Waals surface area contributed by atoms with Crippen molar-refractivity contribution in [1.82, 2.24) is 20.4 Å². The van der Waals surface area contributed by atoms with Gasteiger partial charge in [-0.05, 0) is 89.1 Å². The third kappa shape index (κ3) is 5.16. The van der Waals surface area contributed by atoms with Crippen LogP contribution >= 0.6 is 0 Å². The topological polar surface area (TPSA) is 81.8 Å². The zero-order valence-electron chi connectivity index (χ0n) is 18.4. The van der Waals surface area contributed by atoms with E-state index in [1.807, 2.05) is 4.90 Å². The van der Waals surface area contributed by atoms with Crippen molar-refractivity contribution in [2.24, 2.45) is 23.7 Å². The van der Waals surface area contributed by atoms with Crippen molar-refractivity contribution in [3.05, 3.63) is 0 Å². The van der Waals surface area contributed by atoms with Gasteiger partial charge in [0.05, 0.1) is 6.54 Å². The van der Waals surface area contributed by atoms with Crippen molar-refractivity contribution in [1.29, 1.82) is 0 Å². The van der Waals surface area contributed by atoms with E-state index in [0.29, 0.717) is 11.8 Å². The maximum atomic E-state index is 12.7. The molecule has 2 heterocycles. The minimum Gasteiger partial charge on any atom is -0.342 e. The Kier molecular flexibility index (Phi) is 6.96. The van der Waals surface area contributed by atoms with Crippen LogP contribution in [0.3, 0.4) is 0 Å². The van der Waals surface area contributed by atoms with Crippen LogP contribution in [-0.4, -0.2) is 66.4 Å². The van der Waals surface area contributed by atoms with Gasteiger partial charge >= 0.3 is 6.03 Å². The monoisotopic (exact) mass is 418 g/mol. The maximum Gasteiger partial charge on any atom is 0.321 e. The van der Waals surface area contributed by atoms with Gasteiger partial charge in [0.1, 0.15) is 0 Å². The van der Waals surface area contributed by atoms with Crippen molar-refractivity contribution in [2.45, 2.75) is 70.8 Å². The summed E-state index contributed by atoms with van der Waals surface area (Å²) >= 11 is 0. The normalized spacial score (nSPS) is 30.8. The summed E-state index contributed by atoms with van der Waals surface area (Å²) in [6, 6.07) is -0.255. The van der Waals surface area contributed by atoms with Gasteiger partial charge in [0.2, 0.25) is 11.8 Å². The Morgan fingerprint density at radius 2 is 1.67 bits per heavy atom. The van der Waals surface area contributed by atoms with Gasteiger partial charge in [0, 0.05) is 25.0 Å². The van der Waals surface area contributed by atoms with E-state index in [4.69, 9.17) is 0 Å². The molecule has 7 nitrogen and oxygen atoms in total. The zero-order valence-corrected chi connectivity index (χ0v) is 18.4. The van der Waals surface area contributed by atoms with Crippen LogP contribution in [0.4, 0.5) is 4.79 Å². The summed E-state index contributed by atoms with van der Waals surface area (Å²) in [6.07, 6.45) is 10.2. The third-order valence-corrected chi connectivity index (χ3v) is 8.02. The van der Waals surface area contributed by atoms with Crippen molar-refractivity contribution >= 4 is 17.8 Å². The summed E-state index contributed by atoms with van der Waals surface area (Å²) < 4.78 is 0. The van der Waals surface area contributed by atoms with E-state index in [2.05, 4.69) is 22.5 Å². The molecule has 4 fully saturated rings. The summed E-state index contributed by atoms with van der Waals surface area (Å²) in [5, 5.41) is 5.50. The van der Waals surface area contributed by atoms with Crippen LogP contribution in [-0.2, 0) is 9.59 Å². The Balaban J connectivity index is 1.14. The molecule has 0 aromatic rings. The van der Waals surface area contributed by atoms with Crippen LogP contribution in [0, 0.1) is 23.7 Å². The molecule has 4 aliphatic rings. The second-order valence-corrected chi connectivity index (χ2v) is 10.1. The first-order valence-corrected chi connectivity index (χ1v) is 12.1. The highest BCUT2D eigenvalue weighted by Crippen LogP contribution is 2.49. The molecule has 4 atom stereocenters. The Hall–Kier alpha value is -1.63. The van der Waals surface area contributed by atoms with Gasteiger partial charge < -0.3 is 10.2 Å². The first kappa shape index (κ1) is 21.6. The largest absolute Gasteiger partial charge is 0.342 e. The van der Waals surface area contributed by atoms with E-state index in [1.54, 1.807) is 0 Å². The number of imide groups is 1. The molecule has 2 aliphatic carbocycles. The van der Waals surface area contributed by atoms with Gasteiger partial charge in [-0.25, -0.2) is 4.79 Å². The Bertz CT molecular complexity index is 640. The molecule has 0 aromatic carbocycles. The van der Waals surface area contributed by atoms with Crippen molar-refractivity contribution in [3.8, 4) is 0 Å². The van der Waals surface area contributed by atoms with Gasteiger partial charge in [-0.1, -0.05) is 6.42 Å². The predicted molar refractivity (Wildman–Crippen MR) is 115 cm³/mol. The average Bonchev–Trinajstić information content (AvgIpc) is 3.38. The number of carbonyl (C=O) groups excluding carboxylic acids is 3. The molecule has 0 aromatic heterocycles. The van der Waals surface area contributed by atoms with Gasteiger partial charge in [0.15, 0.2) is 0 Å². The minimum atomic E-state index is -0.370. The fourth-order valence-corrected chi connectivity index (χ4v) is 6.34. The second-order valence-electron chi connectivity index (χ2n) is 10.1. The molecule has 2 N–H and O–H groups in total. The molecule has 2 saturated carbocycles. The molecule has 0 radical (unpaired) electrons. The van der Waals surface area contributed by atoms with E-state index >= 15 is 0 Å². The number of carbonyl (C=O) groups is 3. The van der Waals surface area contributed by atoms with Crippen LogP contribution in [0.15, 0.2) is 0 Å². The Morgan fingerprint density at radius 3 is 2.30 bits per heavy atom. The fraction of sp³-hybridized carbons (Fsp3) is 0.870. The minimum absolute atomic E-state index is 0.0910. The SMILES string of the molecule is CC(NC(=O)NC(=O)CN1CCC(C(=O)N2CCCCC2)CC1)C1CC2CCC1C2. The molecule has 168 valence electrons. The summed E-state index contributed by atoms with van der Waals surface area (Å²) in [7, 11) is 0. The van der Waals surface area contributed by atoms with Crippen LogP contribution in [0.1, 0.15) is 64.7 Å². The number of fused-ring (bicyclic) bond motifs is 2. The van der Waals surface area contributed by atoms with E-state index < -0.39 is 0 Å². The molecular formula is C23H38N4O3.